The summed E-state index contributed by atoms with van der Waals surface area (Å²) in [4.78, 5) is 24.6. The van der Waals surface area contributed by atoms with E-state index in [9.17, 15) is 9.59 Å². The van der Waals surface area contributed by atoms with Gasteiger partial charge in [-0.05, 0) is 42.7 Å². The second-order valence-electron chi connectivity index (χ2n) is 5.87. The number of rotatable bonds is 6. The molecule has 1 saturated carbocycles. The first-order chi connectivity index (χ1) is 11.7. The number of benzene rings is 2. The van der Waals surface area contributed by atoms with Gasteiger partial charge in [-0.2, -0.15) is 0 Å². The fourth-order valence-corrected chi connectivity index (χ4v) is 2.44. The van der Waals surface area contributed by atoms with Gasteiger partial charge in [0, 0.05) is 6.04 Å². The number of carbonyl (C=O) groups is 2. The molecule has 0 radical (unpaired) electrons. The summed E-state index contributed by atoms with van der Waals surface area (Å²) >= 11 is 0. The minimum absolute atomic E-state index is 0.144. The number of carbonyl (C=O) groups excluding carboxylic acids is 2. The molecule has 0 atom stereocenters. The average Bonchev–Trinajstić information content (AvgIpc) is 3.39. The SMILES string of the molecule is COc1cccc(CC(=O)Nc2ccccc2C(=O)NC2CC2)c1. The predicted octanol–water partition coefficient (Wildman–Crippen LogP) is 2.77. The Morgan fingerprint density at radius 2 is 1.92 bits per heavy atom. The number of anilines is 1. The van der Waals surface area contributed by atoms with E-state index in [0.29, 0.717) is 17.0 Å². The van der Waals surface area contributed by atoms with Crippen LogP contribution in [0.5, 0.6) is 5.75 Å². The van der Waals surface area contributed by atoms with Gasteiger partial charge in [-0.15, -0.1) is 0 Å². The van der Waals surface area contributed by atoms with Gasteiger partial charge in [-0.3, -0.25) is 9.59 Å². The van der Waals surface area contributed by atoms with Crippen LogP contribution in [0.15, 0.2) is 48.5 Å². The van der Waals surface area contributed by atoms with Crippen LogP contribution in [0.3, 0.4) is 0 Å². The minimum Gasteiger partial charge on any atom is -0.497 e. The van der Waals surface area contributed by atoms with Crippen LogP contribution < -0.4 is 15.4 Å². The molecule has 0 saturated heterocycles. The third kappa shape index (κ3) is 4.13. The zero-order valence-corrected chi connectivity index (χ0v) is 13.5. The van der Waals surface area contributed by atoms with E-state index in [0.717, 1.165) is 18.4 Å². The molecule has 0 spiro atoms. The highest BCUT2D eigenvalue weighted by atomic mass is 16.5. The van der Waals surface area contributed by atoms with Crippen LogP contribution in [0.1, 0.15) is 28.8 Å². The maximum Gasteiger partial charge on any atom is 0.253 e. The Morgan fingerprint density at radius 1 is 1.12 bits per heavy atom. The highest BCUT2D eigenvalue weighted by Gasteiger charge is 2.25. The first kappa shape index (κ1) is 16.1. The highest BCUT2D eigenvalue weighted by molar-refractivity contribution is 6.04. The molecule has 5 heteroatoms. The van der Waals surface area contributed by atoms with Crippen molar-refractivity contribution in [1.82, 2.24) is 5.32 Å². The van der Waals surface area contributed by atoms with Gasteiger partial charge in [-0.1, -0.05) is 24.3 Å². The van der Waals surface area contributed by atoms with Crippen molar-refractivity contribution in [2.24, 2.45) is 0 Å². The summed E-state index contributed by atoms with van der Waals surface area (Å²) in [6.07, 6.45) is 2.27. The number of methoxy groups -OCH3 is 1. The summed E-state index contributed by atoms with van der Waals surface area (Å²) in [6, 6.07) is 14.7. The largest absolute Gasteiger partial charge is 0.497 e. The normalized spacial score (nSPS) is 13.2. The molecule has 5 nitrogen and oxygen atoms in total. The lowest BCUT2D eigenvalue weighted by Gasteiger charge is -2.11. The highest BCUT2D eigenvalue weighted by Crippen LogP contribution is 2.22. The lowest BCUT2D eigenvalue weighted by molar-refractivity contribution is -0.115. The lowest BCUT2D eigenvalue weighted by atomic mass is 10.1. The molecule has 1 aliphatic carbocycles. The number of nitrogens with one attached hydrogen (secondary N) is 2. The molecule has 0 bridgehead atoms. The molecule has 2 amide bonds. The Bertz CT molecular complexity index is 754. The molecule has 0 heterocycles. The zero-order valence-electron chi connectivity index (χ0n) is 13.5. The van der Waals surface area contributed by atoms with Gasteiger partial charge in [0.25, 0.3) is 5.91 Å². The monoisotopic (exact) mass is 324 g/mol. The summed E-state index contributed by atoms with van der Waals surface area (Å²) in [7, 11) is 1.59. The van der Waals surface area contributed by atoms with Gasteiger partial charge in [0.15, 0.2) is 0 Å². The van der Waals surface area contributed by atoms with Crippen LogP contribution in [-0.2, 0) is 11.2 Å². The third-order valence-electron chi connectivity index (χ3n) is 3.86. The van der Waals surface area contributed by atoms with Crippen molar-refractivity contribution in [3.63, 3.8) is 0 Å². The van der Waals surface area contributed by atoms with Gasteiger partial charge >= 0.3 is 0 Å². The molecule has 2 aromatic rings. The molecule has 0 aromatic heterocycles. The van der Waals surface area contributed by atoms with Crippen LogP contribution >= 0.6 is 0 Å². The van der Waals surface area contributed by atoms with Crippen molar-refractivity contribution in [3.05, 3.63) is 59.7 Å². The number of hydrogen-bond donors (Lipinski definition) is 2. The van der Waals surface area contributed by atoms with Gasteiger partial charge in [0.2, 0.25) is 5.91 Å². The van der Waals surface area contributed by atoms with Crippen molar-refractivity contribution in [2.45, 2.75) is 25.3 Å². The summed E-state index contributed by atoms with van der Waals surface area (Å²) in [5, 5.41) is 5.77. The second kappa shape index (κ2) is 7.17. The summed E-state index contributed by atoms with van der Waals surface area (Å²) in [5.74, 6) is 0.397. The van der Waals surface area contributed by atoms with Crippen molar-refractivity contribution in [2.75, 3.05) is 12.4 Å². The van der Waals surface area contributed by atoms with E-state index < -0.39 is 0 Å². The molecule has 2 N–H and O–H groups in total. The maximum atomic E-state index is 12.3. The first-order valence-corrected chi connectivity index (χ1v) is 7.98. The van der Waals surface area contributed by atoms with Crippen LogP contribution in [-0.4, -0.2) is 25.0 Å². The van der Waals surface area contributed by atoms with Crippen LogP contribution in [0.4, 0.5) is 5.69 Å². The van der Waals surface area contributed by atoms with Crippen molar-refractivity contribution in [3.8, 4) is 5.75 Å². The minimum atomic E-state index is -0.171. The number of amides is 2. The topological polar surface area (TPSA) is 67.4 Å². The Balaban J connectivity index is 1.68. The maximum absolute atomic E-state index is 12.3. The van der Waals surface area contributed by atoms with Crippen molar-refractivity contribution >= 4 is 17.5 Å². The van der Waals surface area contributed by atoms with E-state index >= 15 is 0 Å². The number of para-hydroxylation sites is 1. The van der Waals surface area contributed by atoms with Gasteiger partial charge in [-0.25, -0.2) is 0 Å². The van der Waals surface area contributed by atoms with Gasteiger partial charge in [0.05, 0.1) is 24.8 Å². The Hall–Kier alpha value is -2.82. The number of ether oxygens (including phenoxy) is 1. The Kier molecular flexibility index (Phi) is 4.79. The molecule has 2 aromatic carbocycles. The molecule has 3 rings (SSSR count). The molecule has 0 unspecified atom stereocenters. The Morgan fingerprint density at radius 3 is 2.67 bits per heavy atom. The zero-order chi connectivity index (χ0) is 16.9. The lowest BCUT2D eigenvalue weighted by Crippen LogP contribution is -2.27. The van der Waals surface area contributed by atoms with E-state index in [2.05, 4.69) is 10.6 Å². The van der Waals surface area contributed by atoms with Gasteiger partial charge < -0.3 is 15.4 Å². The van der Waals surface area contributed by atoms with E-state index in [1.165, 1.54) is 0 Å². The van der Waals surface area contributed by atoms with E-state index in [4.69, 9.17) is 4.74 Å². The fourth-order valence-electron chi connectivity index (χ4n) is 2.44. The van der Waals surface area contributed by atoms with E-state index in [1.807, 2.05) is 24.3 Å². The summed E-state index contributed by atoms with van der Waals surface area (Å²) in [5.41, 5.74) is 1.87. The summed E-state index contributed by atoms with van der Waals surface area (Å²) in [6.45, 7) is 0. The average molecular weight is 324 g/mol. The standard InChI is InChI=1S/C19H20N2O3/c1-24-15-6-4-5-13(11-15)12-18(22)21-17-8-3-2-7-16(17)19(23)20-14-9-10-14/h2-8,11,14H,9-10,12H2,1H3,(H,20,23)(H,21,22). The molecule has 1 fully saturated rings. The summed E-state index contributed by atoms with van der Waals surface area (Å²) < 4.78 is 5.16. The van der Waals surface area contributed by atoms with Crippen LogP contribution in [0.2, 0.25) is 0 Å². The third-order valence-corrected chi connectivity index (χ3v) is 3.86. The van der Waals surface area contributed by atoms with Crippen molar-refractivity contribution < 1.29 is 14.3 Å². The van der Waals surface area contributed by atoms with Crippen molar-refractivity contribution in [1.29, 1.82) is 0 Å². The molecule has 1 aliphatic rings. The van der Waals surface area contributed by atoms with E-state index in [1.54, 1.807) is 31.4 Å². The molecule has 124 valence electrons. The predicted molar refractivity (Wildman–Crippen MR) is 92.3 cm³/mol. The quantitative estimate of drug-likeness (QED) is 0.858. The Labute approximate surface area is 141 Å². The van der Waals surface area contributed by atoms with Crippen LogP contribution in [0, 0.1) is 0 Å². The van der Waals surface area contributed by atoms with E-state index in [-0.39, 0.29) is 24.3 Å². The molecule has 24 heavy (non-hydrogen) atoms. The molecule has 0 aliphatic heterocycles. The molecular formula is C19H20N2O3. The molecular weight excluding hydrogens is 304 g/mol. The second-order valence-corrected chi connectivity index (χ2v) is 5.87. The van der Waals surface area contributed by atoms with Gasteiger partial charge in [0.1, 0.15) is 5.75 Å². The smallest absolute Gasteiger partial charge is 0.253 e. The van der Waals surface area contributed by atoms with Crippen LogP contribution in [0.25, 0.3) is 0 Å². The fraction of sp³-hybridized carbons (Fsp3) is 0.263. The first-order valence-electron chi connectivity index (χ1n) is 7.98. The number of hydrogen-bond acceptors (Lipinski definition) is 3.